The van der Waals surface area contributed by atoms with Crippen LogP contribution in [-0.4, -0.2) is 75.3 Å². The van der Waals surface area contributed by atoms with Crippen LogP contribution in [-0.2, 0) is 30.9 Å². The third kappa shape index (κ3) is 6.94. The Morgan fingerprint density at radius 1 is 1.05 bits per heavy atom. The largest absolute Gasteiger partial charge is 0.444 e. The zero-order valence-electron chi connectivity index (χ0n) is 25.1. The number of carbonyl (C=O) groups is 4. The second-order valence-electron chi connectivity index (χ2n) is 12.5. The average molecular weight is 594 g/mol. The quantitative estimate of drug-likeness (QED) is 0.410. The third-order valence-electron chi connectivity index (χ3n) is 8.11. The van der Waals surface area contributed by atoms with E-state index in [0.717, 1.165) is 18.4 Å². The van der Waals surface area contributed by atoms with Gasteiger partial charge in [0, 0.05) is 38.0 Å². The van der Waals surface area contributed by atoms with Gasteiger partial charge in [-0.3, -0.25) is 28.8 Å². The predicted molar refractivity (Wildman–Crippen MR) is 157 cm³/mol. The Labute approximate surface area is 250 Å². The number of rotatable bonds is 3. The third-order valence-corrected chi connectivity index (χ3v) is 8.11. The summed E-state index contributed by atoms with van der Waals surface area (Å²) < 4.78 is 14.1. The van der Waals surface area contributed by atoms with Crippen molar-refractivity contribution in [3.8, 4) is 11.8 Å². The molecule has 3 fully saturated rings. The number of likely N-dealkylation sites (tertiary alicyclic amines) is 1. The van der Waals surface area contributed by atoms with Crippen molar-refractivity contribution in [3.63, 3.8) is 0 Å². The van der Waals surface area contributed by atoms with Crippen LogP contribution in [0, 0.1) is 17.8 Å². The molecule has 4 amide bonds. The molecule has 0 spiro atoms. The summed E-state index contributed by atoms with van der Waals surface area (Å²) in [4.78, 5) is 63.9. The number of hydrogen-bond donors (Lipinski definition) is 2. The average Bonchev–Trinajstić information content (AvgIpc) is 3.20. The second kappa shape index (κ2) is 12.2. The molecule has 3 saturated heterocycles. The van der Waals surface area contributed by atoms with Crippen molar-refractivity contribution < 1.29 is 28.7 Å². The number of nitrogens with one attached hydrogen (secondary N) is 2. The number of fused-ring (bicyclic) bond motifs is 1. The maximum absolute atomic E-state index is 13.1. The molecule has 0 bridgehead atoms. The molecule has 3 aliphatic rings. The van der Waals surface area contributed by atoms with Gasteiger partial charge in [-0.05, 0) is 71.1 Å². The number of aromatic nitrogens is 2. The van der Waals surface area contributed by atoms with Crippen LogP contribution >= 0.6 is 0 Å². The highest BCUT2D eigenvalue weighted by Crippen LogP contribution is 2.25. The minimum absolute atomic E-state index is 0.0194. The van der Waals surface area contributed by atoms with E-state index in [0.29, 0.717) is 37.0 Å². The molecule has 2 aromatic rings. The Hall–Kier alpha value is -4.11. The molecule has 3 unspecified atom stereocenters. The first-order valence-corrected chi connectivity index (χ1v) is 14.9. The Bertz CT molecular complexity index is 1540. The maximum Gasteiger partial charge on any atom is 0.407 e. The van der Waals surface area contributed by atoms with Crippen LogP contribution in [0.3, 0.4) is 0 Å². The van der Waals surface area contributed by atoms with Gasteiger partial charge in [0.25, 0.3) is 5.91 Å². The fourth-order valence-corrected chi connectivity index (χ4v) is 5.84. The molecule has 1 aromatic carbocycles. The van der Waals surface area contributed by atoms with E-state index >= 15 is 0 Å². The molecule has 4 heterocycles. The molecule has 0 radical (unpaired) electrons. The van der Waals surface area contributed by atoms with Gasteiger partial charge in [-0.1, -0.05) is 11.8 Å². The molecule has 12 nitrogen and oxygen atoms in total. The molecule has 5 rings (SSSR count). The summed E-state index contributed by atoms with van der Waals surface area (Å²) in [5.74, 6) is 5.88. The van der Waals surface area contributed by atoms with Gasteiger partial charge >= 0.3 is 11.8 Å². The van der Waals surface area contributed by atoms with E-state index in [1.54, 1.807) is 13.1 Å². The van der Waals surface area contributed by atoms with Gasteiger partial charge < -0.3 is 19.7 Å². The molecule has 2 N–H and O–H groups in total. The molecule has 12 heteroatoms. The molecule has 3 aliphatic heterocycles. The summed E-state index contributed by atoms with van der Waals surface area (Å²) >= 11 is 0. The SMILES string of the molecule is Cn1c(=O)n(C2CCC(=O)NC2=O)c2ccc(C#CC3CCN(C(=O)C4CCC(NC(=O)OC(C)(C)C)CO4)CC3)cc21. The number of amides is 4. The number of imidazole rings is 1. The fourth-order valence-electron chi connectivity index (χ4n) is 5.84. The standard InChI is InChI=1S/C31H39N5O7/c1-31(2,3)43-29(40)32-21-8-11-25(42-18-21)28(39)35-15-13-19(14-16-35)5-6-20-7-9-22-24(17-20)34(4)30(41)36(22)23-10-12-26(37)33-27(23)38/h7,9,17,19,21,23,25H,8,10-16,18H2,1-4H3,(H,32,40)(H,33,37,38). The number of nitrogens with zero attached hydrogens (tertiary/aromatic N) is 3. The Morgan fingerprint density at radius 2 is 1.79 bits per heavy atom. The Kier molecular flexibility index (Phi) is 8.64. The molecule has 43 heavy (non-hydrogen) atoms. The number of imide groups is 1. The zero-order valence-corrected chi connectivity index (χ0v) is 25.1. The van der Waals surface area contributed by atoms with Crippen molar-refractivity contribution in [2.45, 2.75) is 83.1 Å². The summed E-state index contributed by atoms with van der Waals surface area (Å²) in [6.07, 6.45) is 2.16. The van der Waals surface area contributed by atoms with Crippen molar-refractivity contribution in [1.29, 1.82) is 0 Å². The normalized spacial score (nSPS) is 23.3. The number of piperidine rings is 2. The van der Waals surface area contributed by atoms with Crippen LogP contribution in [0.2, 0.25) is 0 Å². The van der Waals surface area contributed by atoms with E-state index in [2.05, 4.69) is 22.5 Å². The van der Waals surface area contributed by atoms with Gasteiger partial charge in [0.15, 0.2) is 0 Å². The van der Waals surface area contributed by atoms with E-state index < -0.39 is 29.7 Å². The molecule has 3 atom stereocenters. The van der Waals surface area contributed by atoms with Crippen molar-refractivity contribution >= 4 is 34.8 Å². The highest BCUT2D eigenvalue weighted by molar-refractivity contribution is 6.00. The van der Waals surface area contributed by atoms with Gasteiger partial charge in [0.1, 0.15) is 17.7 Å². The lowest BCUT2D eigenvalue weighted by molar-refractivity contribution is -0.148. The number of hydrogen-bond acceptors (Lipinski definition) is 7. The van der Waals surface area contributed by atoms with Gasteiger partial charge in [-0.25, -0.2) is 9.59 Å². The van der Waals surface area contributed by atoms with Gasteiger partial charge in [0.2, 0.25) is 11.8 Å². The lowest BCUT2D eigenvalue weighted by Crippen LogP contribution is -2.50. The number of carbonyl (C=O) groups excluding carboxylic acids is 4. The highest BCUT2D eigenvalue weighted by Gasteiger charge is 2.34. The molecule has 0 saturated carbocycles. The first kappa shape index (κ1) is 30.4. The van der Waals surface area contributed by atoms with Gasteiger partial charge in [-0.2, -0.15) is 0 Å². The monoisotopic (exact) mass is 593 g/mol. The van der Waals surface area contributed by atoms with E-state index in [1.807, 2.05) is 37.8 Å². The summed E-state index contributed by atoms with van der Waals surface area (Å²) in [6, 6.07) is 4.56. The minimum atomic E-state index is -0.729. The predicted octanol–water partition coefficient (Wildman–Crippen LogP) is 1.98. The summed E-state index contributed by atoms with van der Waals surface area (Å²) in [5.41, 5.74) is 1.15. The summed E-state index contributed by atoms with van der Waals surface area (Å²) in [5, 5.41) is 5.13. The van der Waals surface area contributed by atoms with Crippen LogP contribution in [0.5, 0.6) is 0 Å². The van der Waals surface area contributed by atoms with Crippen LogP contribution in [0.4, 0.5) is 4.79 Å². The Balaban J connectivity index is 1.14. The molecule has 0 aliphatic carbocycles. The lowest BCUT2D eigenvalue weighted by atomic mass is 9.96. The number of ether oxygens (including phenoxy) is 2. The molecule has 230 valence electrons. The smallest absolute Gasteiger partial charge is 0.407 e. The van der Waals surface area contributed by atoms with Crippen molar-refractivity contribution in [3.05, 3.63) is 34.2 Å². The van der Waals surface area contributed by atoms with Crippen molar-refractivity contribution in [2.24, 2.45) is 13.0 Å². The van der Waals surface area contributed by atoms with E-state index in [4.69, 9.17) is 9.47 Å². The number of aryl methyl sites for hydroxylation is 1. The maximum atomic E-state index is 13.1. The lowest BCUT2D eigenvalue weighted by Gasteiger charge is -2.35. The number of alkyl carbamates (subject to hydrolysis) is 1. The van der Waals surface area contributed by atoms with Crippen molar-refractivity contribution in [1.82, 2.24) is 24.7 Å². The van der Waals surface area contributed by atoms with Gasteiger partial charge in [0.05, 0.1) is 23.7 Å². The minimum Gasteiger partial charge on any atom is -0.444 e. The van der Waals surface area contributed by atoms with Crippen LogP contribution in [0.15, 0.2) is 23.0 Å². The van der Waals surface area contributed by atoms with Crippen LogP contribution in [0.25, 0.3) is 11.0 Å². The number of benzene rings is 1. The molecular weight excluding hydrogens is 554 g/mol. The van der Waals surface area contributed by atoms with E-state index in [9.17, 15) is 24.0 Å². The first-order valence-electron chi connectivity index (χ1n) is 14.9. The second-order valence-corrected chi connectivity index (χ2v) is 12.5. The zero-order chi connectivity index (χ0) is 30.9. The van der Waals surface area contributed by atoms with Gasteiger partial charge in [-0.15, -0.1) is 0 Å². The van der Waals surface area contributed by atoms with Crippen molar-refractivity contribution in [2.75, 3.05) is 19.7 Å². The van der Waals surface area contributed by atoms with E-state index in [-0.39, 0.29) is 48.9 Å². The Morgan fingerprint density at radius 3 is 2.44 bits per heavy atom. The van der Waals surface area contributed by atoms with Crippen LogP contribution < -0.4 is 16.3 Å². The summed E-state index contributed by atoms with van der Waals surface area (Å²) in [7, 11) is 1.66. The topological polar surface area (TPSA) is 141 Å². The highest BCUT2D eigenvalue weighted by atomic mass is 16.6. The van der Waals surface area contributed by atoms with Crippen LogP contribution in [0.1, 0.15) is 70.9 Å². The molecular formula is C31H39N5O7. The summed E-state index contributed by atoms with van der Waals surface area (Å²) in [6.45, 7) is 6.89. The fraction of sp³-hybridized carbons (Fsp3) is 0.581. The first-order chi connectivity index (χ1) is 20.4. The van der Waals surface area contributed by atoms with E-state index in [1.165, 1.54) is 9.13 Å². The molecule has 1 aromatic heterocycles.